The summed E-state index contributed by atoms with van der Waals surface area (Å²) in [4.78, 5) is 27.1. The molecule has 220 valence electrons. The summed E-state index contributed by atoms with van der Waals surface area (Å²) in [6.45, 7) is 2.20. The standard InChI is InChI=1S/C35H31N5O4/c41-25-11-12-26-28(16-25)33(39-34(26)42)32-27-3-1-2-4-29(27)38-30(32)19-36-17-23-9-10-24-13-14-40(31(24)15-23)20-22-7-5-21(6-8-22)18-37-35(43)44/h1-16,33,36-38,41H,17-20H2,(H,39,42)(H,43,44). The van der Waals surface area contributed by atoms with Gasteiger partial charge in [0.15, 0.2) is 0 Å². The summed E-state index contributed by atoms with van der Waals surface area (Å²) in [7, 11) is 0. The van der Waals surface area contributed by atoms with Crippen molar-refractivity contribution < 1.29 is 19.8 Å². The molecule has 0 saturated heterocycles. The number of H-pyrrole nitrogens is 1. The van der Waals surface area contributed by atoms with Crippen LogP contribution in [0.15, 0.2) is 97.2 Å². The molecule has 0 radical (unpaired) electrons. The number of phenolic OH excluding ortho intramolecular Hbond substituents is 1. The smallest absolute Gasteiger partial charge is 0.404 e. The van der Waals surface area contributed by atoms with E-state index in [1.807, 2.05) is 42.5 Å². The molecule has 1 aliphatic heterocycles. The second-order valence-corrected chi connectivity index (χ2v) is 11.2. The van der Waals surface area contributed by atoms with E-state index in [-0.39, 0.29) is 24.2 Å². The predicted octanol–water partition coefficient (Wildman–Crippen LogP) is 5.77. The maximum absolute atomic E-state index is 12.8. The fourth-order valence-electron chi connectivity index (χ4n) is 6.14. The average molecular weight is 586 g/mol. The number of aromatic amines is 1. The lowest BCUT2D eigenvalue weighted by molar-refractivity contribution is 0.0960. The number of amides is 2. The molecular formula is C35H31N5O4. The third kappa shape index (κ3) is 5.25. The van der Waals surface area contributed by atoms with Crippen LogP contribution >= 0.6 is 0 Å². The zero-order valence-electron chi connectivity index (χ0n) is 23.8. The number of carboxylic acid groups (broad SMARTS) is 1. The molecule has 4 aromatic carbocycles. The molecule has 1 unspecified atom stereocenters. The summed E-state index contributed by atoms with van der Waals surface area (Å²) in [6, 6.07) is 29.1. The average Bonchev–Trinajstić information content (AvgIpc) is 3.69. The predicted molar refractivity (Wildman–Crippen MR) is 169 cm³/mol. The van der Waals surface area contributed by atoms with Crippen LogP contribution in [0.2, 0.25) is 0 Å². The van der Waals surface area contributed by atoms with Gasteiger partial charge in [-0.25, -0.2) is 4.79 Å². The summed E-state index contributed by atoms with van der Waals surface area (Å²) < 4.78 is 2.22. The maximum Gasteiger partial charge on any atom is 0.404 e. The number of benzene rings is 4. The molecule has 0 fully saturated rings. The Hall–Kier alpha value is -5.54. The van der Waals surface area contributed by atoms with Crippen molar-refractivity contribution in [3.8, 4) is 5.75 Å². The van der Waals surface area contributed by atoms with Crippen molar-refractivity contribution in [3.05, 3.63) is 136 Å². The lowest BCUT2D eigenvalue weighted by Crippen LogP contribution is -2.22. The van der Waals surface area contributed by atoms with E-state index in [1.165, 1.54) is 0 Å². The second-order valence-electron chi connectivity index (χ2n) is 11.2. The van der Waals surface area contributed by atoms with Gasteiger partial charge in [-0.3, -0.25) is 4.79 Å². The van der Waals surface area contributed by atoms with Crippen LogP contribution < -0.4 is 16.0 Å². The Kier molecular flexibility index (Phi) is 7.00. The molecule has 1 atom stereocenters. The van der Waals surface area contributed by atoms with Crippen molar-refractivity contribution in [3.63, 3.8) is 0 Å². The van der Waals surface area contributed by atoms with Gasteiger partial charge >= 0.3 is 6.09 Å². The summed E-state index contributed by atoms with van der Waals surface area (Å²) >= 11 is 0. The Balaban J connectivity index is 1.09. The number of nitrogens with zero attached hydrogens (tertiary/aromatic N) is 1. The molecule has 9 heteroatoms. The number of hydrogen-bond donors (Lipinski definition) is 6. The Morgan fingerprint density at radius 3 is 2.50 bits per heavy atom. The largest absolute Gasteiger partial charge is 0.508 e. The molecule has 0 aliphatic carbocycles. The molecule has 6 N–H and O–H groups in total. The minimum absolute atomic E-state index is 0.134. The lowest BCUT2D eigenvalue weighted by Gasteiger charge is -2.15. The normalized spacial score (nSPS) is 14.2. The van der Waals surface area contributed by atoms with Crippen LogP contribution in [0.25, 0.3) is 21.8 Å². The number of aromatic hydroxyl groups is 1. The Morgan fingerprint density at radius 2 is 1.66 bits per heavy atom. The Morgan fingerprint density at radius 1 is 0.864 bits per heavy atom. The van der Waals surface area contributed by atoms with E-state index in [0.717, 1.165) is 55.3 Å². The SMILES string of the molecule is O=C(O)NCc1ccc(Cn2ccc3ccc(CNCc4[nH]c5ccccc5c4C4NC(=O)c5ccc(O)cc54)cc32)cc1. The van der Waals surface area contributed by atoms with Crippen molar-refractivity contribution in [2.24, 2.45) is 0 Å². The number of aromatic nitrogens is 2. The van der Waals surface area contributed by atoms with E-state index < -0.39 is 6.09 Å². The van der Waals surface area contributed by atoms with Crippen LogP contribution in [0.5, 0.6) is 5.75 Å². The van der Waals surface area contributed by atoms with E-state index in [1.54, 1.807) is 18.2 Å². The van der Waals surface area contributed by atoms with Gasteiger partial charge in [0.2, 0.25) is 0 Å². The fourth-order valence-corrected chi connectivity index (χ4v) is 6.14. The van der Waals surface area contributed by atoms with Crippen molar-refractivity contribution in [2.45, 2.75) is 32.2 Å². The zero-order valence-corrected chi connectivity index (χ0v) is 23.8. The number of nitrogens with one attached hydrogen (secondary N) is 4. The molecule has 2 aromatic heterocycles. The molecule has 0 bridgehead atoms. The van der Waals surface area contributed by atoms with Crippen LogP contribution in [-0.2, 0) is 26.2 Å². The molecule has 0 spiro atoms. The molecule has 7 rings (SSSR count). The van der Waals surface area contributed by atoms with Crippen LogP contribution in [0.4, 0.5) is 4.79 Å². The number of phenols is 1. The third-order valence-corrected chi connectivity index (χ3v) is 8.27. The Labute approximate surface area is 253 Å². The molecule has 2 amide bonds. The first kappa shape index (κ1) is 27.3. The second kappa shape index (κ2) is 11.3. The van der Waals surface area contributed by atoms with Gasteiger partial charge in [-0.2, -0.15) is 0 Å². The fraction of sp³-hybridized carbons (Fsp3) is 0.143. The topological polar surface area (TPSA) is 131 Å². The molecule has 3 heterocycles. The van der Waals surface area contributed by atoms with Crippen LogP contribution in [0, 0.1) is 0 Å². The van der Waals surface area contributed by atoms with Gasteiger partial charge in [-0.1, -0.05) is 54.6 Å². The van der Waals surface area contributed by atoms with E-state index in [9.17, 15) is 14.7 Å². The molecule has 9 nitrogen and oxygen atoms in total. The van der Waals surface area contributed by atoms with Gasteiger partial charge in [0.05, 0.1) is 6.04 Å². The molecular weight excluding hydrogens is 554 g/mol. The van der Waals surface area contributed by atoms with Gasteiger partial charge < -0.3 is 35.7 Å². The first-order valence-electron chi connectivity index (χ1n) is 14.5. The van der Waals surface area contributed by atoms with Crippen molar-refractivity contribution in [1.82, 2.24) is 25.5 Å². The number of carbonyl (C=O) groups is 2. The van der Waals surface area contributed by atoms with Crippen molar-refractivity contribution in [1.29, 1.82) is 0 Å². The van der Waals surface area contributed by atoms with Crippen LogP contribution in [-0.4, -0.2) is 31.8 Å². The van der Waals surface area contributed by atoms with Crippen molar-refractivity contribution >= 4 is 33.8 Å². The quantitative estimate of drug-likeness (QED) is 0.128. The van der Waals surface area contributed by atoms with Crippen LogP contribution in [0.1, 0.15) is 49.9 Å². The zero-order chi connectivity index (χ0) is 30.2. The minimum atomic E-state index is -1.03. The van der Waals surface area contributed by atoms with Gasteiger partial charge in [0.25, 0.3) is 5.91 Å². The van der Waals surface area contributed by atoms with Gasteiger partial charge in [-0.05, 0) is 64.0 Å². The number of carbonyl (C=O) groups excluding carboxylic acids is 1. The number of para-hydroxylation sites is 1. The highest BCUT2D eigenvalue weighted by molar-refractivity contribution is 6.01. The molecule has 6 aromatic rings. The third-order valence-electron chi connectivity index (χ3n) is 8.27. The summed E-state index contributed by atoms with van der Waals surface area (Å²) in [5, 5.41) is 30.3. The summed E-state index contributed by atoms with van der Waals surface area (Å²) in [5.74, 6) is -0.00778. The Bertz CT molecular complexity index is 2030. The number of rotatable bonds is 9. The van der Waals surface area contributed by atoms with Crippen molar-refractivity contribution in [2.75, 3.05) is 0 Å². The van der Waals surface area contributed by atoms with E-state index >= 15 is 0 Å². The minimum Gasteiger partial charge on any atom is -0.508 e. The number of fused-ring (bicyclic) bond motifs is 3. The summed E-state index contributed by atoms with van der Waals surface area (Å²) in [5.41, 5.74) is 8.67. The molecule has 44 heavy (non-hydrogen) atoms. The van der Waals surface area contributed by atoms with Gasteiger partial charge in [0.1, 0.15) is 5.75 Å². The highest BCUT2D eigenvalue weighted by Crippen LogP contribution is 2.38. The van der Waals surface area contributed by atoms with E-state index in [0.29, 0.717) is 25.2 Å². The van der Waals surface area contributed by atoms with Gasteiger partial charge in [0, 0.05) is 65.6 Å². The van der Waals surface area contributed by atoms with Gasteiger partial charge in [-0.15, -0.1) is 0 Å². The highest BCUT2D eigenvalue weighted by atomic mass is 16.4. The van der Waals surface area contributed by atoms with E-state index in [2.05, 4.69) is 62.0 Å². The molecule has 0 saturated carbocycles. The molecule has 1 aliphatic rings. The lowest BCUT2D eigenvalue weighted by atomic mass is 9.95. The maximum atomic E-state index is 12.8. The summed E-state index contributed by atoms with van der Waals surface area (Å²) in [6.07, 6.45) is 1.05. The van der Waals surface area contributed by atoms with Crippen LogP contribution in [0.3, 0.4) is 0 Å². The first-order valence-corrected chi connectivity index (χ1v) is 14.5. The monoisotopic (exact) mass is 585 g/mol. The van der Waals surface area contributed by atoms with E-state index in [4.69, 9.17) is 5.11 Å². The highest BCUT2D eigenvalue weighted by Gasteiger charge is 2.33. The first-order chi connectivity index (χ1) is 21.4. The number of hydrogen-bond acceptors (Lipinski definition) is 4.